The van der Waals surface area contributed by atoms with E-state index in [1.807, 2.05) is 0 Å². The lowest BCUT2D eigenvalue weighted by molar-refractivity contribution is 0.00825. The Bertz CT molecular complexity index is 34.9. The van der Waals surface area contributed by atoms with E-state index in [9.17, 15) is 0 Å². The molecule has 0 rings (SSSR count). The summed E-state index contributed by atoms with van der Waals surface area (Å²) < 4.78 is 4.13. The summed E-state index contributed by atoms with van der Waals surface area (Å²) in [6.07, 6.45) is 0. The monoisotopic (exact) mass is 147 g/mol. The molecule has 0 heterocycles. The van der Waals surface area contributed by atoms with Gasteiger partial charge in [-0.3, -0.25) is 0 Å². The highest BCUT2D eigenvalue weighted by molar-refractivity contribution is 6.43. The summed E-state index contributed by atoms with van der Waals surface area (Å²) in [5, 5.41) is 6.94. The molecule has 7 heavy (non-hydrogen) atoms. The van der Waals surface area contributed by atoms with E-state index in [0.29, 0.717) is 0 Å². The Labute approximate surface area is 51.8 Å². The standard InChI is InChI=1S/C2H4Cl2O2.H3N/c3-2(4)6-1-5;/h2,5H,1H2;1H3. The summed E-state index contributed by atoms with van der Waals surface area (Å²) in [5.74, 6) is 0. The van der Waals surface area contributed by atoms with Crippen molar-refractivity contribution in [3.63, 3.8) is 0 Å². The lowest BCUT2D eigenvalue weighted by atomic mass is 11.4. The molecule has 0 spiro atoms. The lowest BCUT2D eigenvalue weighted by Gasteiger charge is -1.94. The van der Waals surface area contributed by atoms with Crippen molar-refractivity contribution in [3.05, 3.63) is 0 Å². The third kappa shape index (κ3) is 10.7. The fourth-order valence-electron chi connectivity index (χ4n) is 0.0563. The van der Waals surface area contributed by atoms with Crippen LogP contribution in [0.25, 0.3) is 0 Å². The number of aliphatic hydroxyl groups excluding tert-OH is 1. The summed E-state index contributed by atoms with van der Waals surface area (Å²) >= 11 is 9.92. The summed E-state index contributed by atoms with van der Waals surface area (Å²) in [4.78, 5) is 0. The summed E-state index contributed by atoms with van der Waals surface area (Å²) in [6, 6.07) is 0. The number of ether oxygens (including phenoxy) is 1. The topological polar surface area (TPSA) is 64.5 Å². The van der Waals surface area contributed by atoms with Gasteiger partial charge in [-0.25, -0.2) is 0 Å². The second-order valence-electron chi connectivity index (χ2n) is 0.556. The highest BCUT2D eigenvalue weighted by Gasteiger charge is 1.90. The molecule has 0 aromatic heterocycles. The first-order valence-corrected chi connectivity index (χ1v) is 2.15. The molecule has 4 N–H and O–H groups in total. The molecular weight excluding hydrogens is 141 g/mol. The number of hydrogen-bond donors (Lipinski definition) is 2. The Hall–Kier alpha value is 0.460. The van der Waals surface area contributed by atoms with E-state index in [0.717, 1.165) is 0 Å². The largest absolute Gasteiger partial charge is 0.371 e. The summed E-state index contributed by atoms with van der Waals surface area (Å²) in [6.45, 7) is -0.433. The third-order valence-electron chi connectivity index (χ3n) is 0.201. The highest BCUT2D eigenvalue weighted by Crippen LogP contribution is 2.00. The molecule has 0 fully saturated rings. The Morgan fingerprint density at radius 2 is 2.00 bits per heavy atom. The maximum Gasteiger partial charge on any atom is 0.208 e. The predicted octanol–water partition coefficient (Wildman–Crippen LogP) is 0.876. The van der Waals surface area contributed by atoms with Crippen LogP contribution in [0.5, 0.6) is 0 Å². The minimum Gasteiger partial charge on any atom is -0.371 e. The molecule has 0 aliphatic rings. The van der Waals surface area contributed by atoms with Gasteiger partial charge in [0.1, 0.15) is 6.79 Å². The molecule has 0 aromatic carbocycles. The van der Waals surface area contributed by atoms with Gasteiger partial charge in [0.25, 0.3) is 0 Å². The van der Waals surface area contributed by atoms with Crippen LogP contribution in [0.15, 0.2) is 0 Å². The van der Waals surface area contributed by atoms with Crippen molar-refractivity contribution in [2.75, 3.05) is 6.79 Å². The predicted molar refractivity (Wildman–Crippen MR) is 28.7 cm³/mol. The van der Waals surface area contributed by atoms with Crippen molar-refractivity contribution in [2.24, 2.45) is 0 Å². The molecule has 0 unspecified atom stereocenters. The molecule has 0 bridgehead atoms. The normalized spacial score (nSPS) is 8.57. The first-order chi connectivity index (χ1) is 2.77. The van der Waals surface area contributed by atoms with E-state index in [4.69, 9.17) is 28.3 Å². The smallest absolute Gasteiger partial charge is 0.208 e. The van der Waals surface area contributed by atoms with Crippen molar-refractivity contribution >= 4 is 23.2 Å². The van der Waals surface area contributed by atoms with Crippen LogP contribution in [0.4, 0.5) is 0 Å². The molecular formula is C2H7Cl2NO2. The molecule has 0 aliphatic heterocycles. The fraction of sp³-hybridized carbons (Fsp3) is 1.00. The van der Waals surface area contributed by atoms with E-state index < -0.39 is 11.8 Å². The van der Waals surface area contributed by atoms with Crippen LogP contribution in [-0.4, -0.2) is 16.9 Å². The zero-order chi connectivity index (χ0) is 4.99. The third-order valence-corrected chi connectivity index (χ3v) is 0.453. The minimum atomic E-state index is -0.907. The summed E-state index contributed by atoms with van der Waals surface area (Å²) in [7, 11) is 0. The number of alkyl halides is 2. The van der Waals surface area contributed by atoms with E-state index in [1.165, 1.54) is 0 Å². The Morgan fingerprint density at radius 3 is 2.00 bits per heavy atom. The second-order valence-corrected chi connectivity index (χ2v) is 1.57. The number of hydrogen-bond acceptors (Lipinski definition) is 3. The van der Waals surface area contributed by atoms with E-state index in [-0.39, 0.29) is 6.15 Å². The van der Waals surface area contributed by atoms with Gasteiger partial charge in [-0.15, -0.1) is 0 Å². The van der Waals surface area contributed by atoms with Crippen molar-refractivity contribution in [1.29, 1.82) is 0 Å². The number of aliphatic hydroxyl groups is 1. The quantitative estimate of drug-likeness (QED) is 0.451. The molecule has 0 saturated carbocycles. The SMILES string of the molecule is N.OCOC(Cl)Cl. The van der Waals surface area contributed by atoms with Crippen LogP contribution in [0.3, 0.4) is 0 Å². The summed E-state index contributed by atoms with van der Waals surface area (Å²) in [5.41, 5.74) is 0. The lowest BCUT2D eigenvalue weighted by Crippen LogP contribution is -1.95. The van der Waals surface area contributed by atoms with Gasteiger partial charge < -0.3 is 16.0 Å². The van der Waals surface area contributed by atoms with Crippen molar-refractivity contribution in [2.45, 2.75) is 5.02 Å². The maximum atomic E-state index is 7.85. The van der Waals surface area contributed by atoms with Gasteiger partial charge in [0.2, 0.25) is 5.02 Å². The van der Waals surface area contributed by atoms with Crippen molar-refractivity contribution in [3.8, 4) is 0 Å². The molecule has 0 aromatic rings. The first kappa shape index (κ1) is 10.4. The van der Waals surface area contributed by atoms with Crippen LogP contribution in [0.1, 0.15) is 0 Å². The van der Waals surface area contributed by atoms with E-state index in [1.54, 1.807) is 0 Å². The van der Waals surface area contributed by atoms with Gasteiger partial charge in [-0.2, -0.15) is 0 Å². The molecule has 3 nitrogen and oxygen atoms in total. The van der Waals surface area contributed by atoms with Crippen molar-refractivity contribution in [1.82, 2.24) is 6.15 Å². The van der Waals surface area contributed by atoms with Gasteiger partial charge in [0, 0.05) is 0 Å². The molecule has 0 saturated heterocycles. The van der Waals surface area contributed by atoms with Crippen LogP contribution < -0.4 is 6.15 Å². The van der Waals surface area contributed by atoms with Gasteiger partial charge in [-0.1, -0.05) is 23.2 Å². The average Bonchev–Trinajstić information content (AvgIpc) is 1.35. The zero-order valence-electron chi connectivity index (χ0n) is 3.60. The van der Waals surface area contributed by atoms with Crippen LogP contribution in [-0.2, 0) is 4.74 Å². The van der Waals surface area contributed by atoms with E-state index >= 15 is 0 Å². The highest BCUT2D eigenvalue weighted by atomic mass is 35.5. The molecule has 0 radical (unpaired) electrons. The average molecular weight is 148 g/mol. The Kier molecular flexibility index (Phi) is 9.64. The van der Waals surface area contributed by atoms with Gasteiger partial charge in [0.15, 0.2) is 0 Å². The molecule has 5 heteroatoms. The Morgan fingerprint density at radius 1 is 1.57 bits per heavy atom. The molecule has 0 atom stereocenters. The number of halogens is 2. The van der Waals surface area contributed by atoms with Gasteiger partial charge in [0.05, 0.1) is 0 Å². The minimum absolute atomic E-state index is 0. The number of rotatable bonds is 2. The van der Waals surface area contributed by atoms with Gasteiger partial charge in [-0.05, 0) is 0 Å². The van der Waals surface area contributed by atoms with E-state index in [2.05, 4.69) is 4.74 Å². The first-order valence-electron chi connectivity index (χ1n) is 1.28. The molecule has 0 aliphatic carbocycles. The molecule has 0 amide bonds. The van der Waals surface area contributed by atoms with Crippen LogP contribution in [0, 0.1) is 0 Å². The molecule has 46 valence electrons. The second kappa shape index (κ2) is 6.46. The fourth-order valence-corrected chi connectivity index (χ4v) is 0.169. The maximum absolute atomic E-state index is 7.85. The zero-order valence-corrected chi connectivity index (χ0v) is 5.11. The van der Waals surface area contributed by atoms with Crippen molar-refractivity contribution < 1.29 is 9.84 Å². The van der Waals surface area contributed by atoms with Gasteiger partial charge >= 0.3 is 0 Å². The van der Waals surface area contributed by atoms with Crippen LogP contribution in [0.2, 0.25) is 0 Å². The van der Waals surface area contributed by atoms with Crippen LogP contribution >= 0.6 is 23.2 Å². The Balaban J connectivity index is 0.